The molecule has 2 aliphatic carbocycles. The van der Waals surface area contributed by atoms with Crippen molar-refractivity contribution in [3.8, 4) is 12.5 Å². The maximum atomic E-state index is 10.2. The van der Waals surface area contributed by atoms with Gasteiger partial charge in [0, 0.05) is 18.1 Å². The van der Waals surface area contributed by atoms with Gasteiger partial charge in [0.05, 0.1) is 39.0 Å². The molecule has 0 aromatic carbocycles. The second-order valence-electron chi connectivity index (χ2n) is 16.6. The first-order valence-electron chi connectivity index (χ1n) is 17.7. The molecule has 2 fully saturated rings. The van der Waals surface area contributed by atoms with Gasteiger partial charge in [-0.05, 0) is 87.9 Å². The minimum absolute atomic E-state index is 0.0550. The van der Waals surface area contributed by atoms with Crippen LogP contribution >= 0.6 is 0 Å². The van der Waals surface area contributed by atoms with Gasteiger partial charge in [0.25, 0.3) is 12.5 Å². The number of rotatable bonds is 14. The highest BCUT2D eigenvalue weighted by molar-refractivity contribution is 5.33. The minimum atomic E-state index is -0.266. The van der Waals surface area contributed by atoms with Gasteiger partial charge in [-0.15, -0.1) is 0 Å². The van der Waals surface area contributed by atoms with E-state index in [4.69, 9.17) is 41.9 Å². The van der Waals surface area contributed by atoms with Crippen LogP contribution in [-0.4, -0.2) is 81.5 Å². The van der Waals surface area contributed by atoms with E-state index in [2.05, 4.69) is 63.2 Å². The second kappa shape index (κ2) is 25.2. The predicted octanol–water partition coefficient (Wildman–Crippen LogP) is 5.66. The van der Waals surface area contributed by atoms with Crippen LogP contribution in [0.1, 0.15) is 121 Å². The fourth-order valence-corrected chi connectivity index (χ4v) is 7.12. The quantitative estimate of drug-likeness (QED) is 0.114. The maximum Gasteiger partial charge on any atom is 0.286 e. The van der Waals surface area contributed by atoms with Crippen molar-refractivity contribution < 1.29 is 28.5 Å². The van der Waals surface area contributed by atoms with Gasteiger partial charge < -0.3 is 36.1 Å². The Morgan fingerprint density at radius 3 is 1.76 bits per heavy atom. The van der Waals surface area contributed by atoms with E-state index in [1.165, 1.54) is 31.8 Å². The van der Waals surface area contributed by atoms with Crippen molar-refractivity contribution in [2.75, 3.05) is 33.0 Å². The summed E-state index contributed by atoms with van der Waals surface area (Å²) in [5.41, 5.74) is 17.9. The predicted molar refractivity (Wildman–Crippen MR) is 196 cm³/mol. The van der Waals surface area contributed by atoms with E-state index < -0.39 is 0 Å². The van der Waals surface area contributed by atoms with E-state index in [1.807, 2.05) is 13.8 Å². The van der Waals surface area contributed by atoms with Gasteiger partial charge in [0.1, 0.15) is 12.2 Å². The van der Waals surface area contributed by atoms with E-state index in [-0.39, 0.29) is 41.2 Å². The Morgan fingerprint density at radius 1 is 0.760 bits per heavy atom. The van der Waals surface area contributed by atoms with Crippen LogP contribution in [0.25, 0.3) is 0 Å². The number of ether oxygens (including phenoxy) is 4. The molecule has 0 radical (unpaired) electrons. The summed E-state index contributed by atoms with van der Waals surface area (Å²) in [6.45, 7) is 25.3. The van der Waals surface area contributed by atoms with Crippen molar-refractivity contribution in [1.29, 1.82) is 10.5 Å². The summed E-state index contributed by atoms with van der Waals surface area (Å²) in [5.74, 6) is 0. The molecule has 0 aliphatic heterocycles. The average molecular weight is 708 g/mol. The monoisotopic (exact) mass is 708 g/mol. The lowest BCUT2D eigenvalue weighted by Crippen LogP contribution is -2.41. The molecule has 0 bridgehead atoms. The van der Waals surface area contributed by atoms with Gasteiger partial charge in [-0.1, -0.05) is 54.9 Å². The van der Waals surface area contributed by atoms with Crippen LogP contribution in [0.15, 0.2) is 9.98 Å². The van der Waals surface area contributed by atoms with Crippen LogP contribution < -0.4 is 17.2 Å². The Kier molecular flexibility index (Phi) is 24.8. The molecule has 2 rings (SSSR count). The lowest BCUT2D eigenvalue weighted by atomic mass is 9.62. The first-order valence-corrected chi connectivity index (χ1v) is 17.7. The summed E-state index contributed by atoms with van der Waals surface area (Å²) in [4.78, 5) is 27.1. The summed E-state index contributed by atoms with van der Waals surface area (Å²) in [5, 5.41) is 16.7. The third-order valence-electron chi connectivity index (χ3n) is 8.48. The molecule has 50 heavy (non-hydrogen) atoms. The first kappa shape index (κ1) is 49.3. The van der Waals surface area contributed by atoms with Gasteiger partial charge in [-0.3, -0.25) is 0 Å². The van der Waals surface area contributed by atoms with E-state index in [0.717, 1.165) is 19.3 Å². The molecule has 0 heterocycles. The molecule has 0 aromatic heterocycles. The smallest absolute Gasteiger partial charge is 0.286 e. The van der Waals surface area contributed by atoms with Crippen LogP contribution in [-0.2, 0) is 28.5 Å². The van der Waals surface area contributed by atoms with Gasteiger partial charge in [-0.25, -0.2) is 19.6 Å². The fourth-order valence-electron chi connectivity index (χ4n) is 7.12. The Balaban J connectivity index is 0. The molecule has 13 nitrogen and oxygen atoms in total. The van der Waals surface area contributed by atoms with E-state index in [0.29, 0.717) is 49.8 Å². The van der Waals surface area contributed by atoms with Crippen LogP contribution in [0.5, 0.6) is 0 Å². The van der Waals surface area contributed by atoms with Crippen molar-refractivity contribution >= 4 is 12.2 Å². The Bertz CT molecular complexity index is 1100. The summed E-state index contributed by atoms with van der Waals surface area (Å²) in [6.07, 6.45) is 13.7. The normalized spacial score (nSPS) is 26.9. The summed E-state index contributed by atoms with van der Waals surface area (Å²) < 4.78 is 19.8. The number of isocyanates is 2. The third-order valence-corrected chi connectivity index (χ3v) is 8.48. The highest BCUT2D eigenvalue weighted by Crippen LogP contribution is 2.48. The van der Waals surface area contributed by atoms with Crippen molar-refractivity contribution in [1.82, 2.24) is 0 Å². The zero-order valence-electron chi connectivity index (χ0n) is 32.9. The van der Waals surface area contributed by atoms with Crippen molar-refractivity contribution in [3.05, 3.63) is 0 Å². The van der Waals surface area contributed by atoms with Crippen molar-refractivity contribution in [2.45, 2.75) is 157 Å². The third kappa shape index (κ3) is 26.0. The number of aliphatic imine (C=N–C) groups is 2. The Morgan fingerprint density at radius 2 is 1.30 bits per heavy atom. The molecule has 288 valence electrons. The summed E-state index contributed by atoms with van der Waals surface area (Å²) in [7, 11) is 0. The lowest BCUT2D eigenvalue weighted by molar-refractivity contribution is -0.00681. The van der Waals surface area contributed by atoms with E-state index in [9.17, 15) is 9.59 Å². The number of carbonyl (C=O) groups excluding carboxylic acids is 2. The molecule has 2 aliphatic rings. The largest absolute Gasteiger partial charge is 0.424 e. The Labute approximate surface area is 302 Å². The van der Waals surface area contributed by atoms with Crippen LogP contribution in [0.2, 0.25) is 0 Å². The topological polar surface area (TPSA) is 221 Å². The van der Waals surface area contributed by atoms with Crippen molar-refractivity contribution in [3.63, 3.8) is 0 Å². The Hall–Kier alpha value is -2.86. The molecule has 0 saturated heterocycles. The number of hydrogen-bond acceptors (Lipinski definition) is 13. The number of nitrogens with two attached hydrogens (primary N) is 3. The molecular weight excluding hydrogens is 638 g/mol. The molecular formula is C37H69N7O6. The van der Waals surface area contributed by atoms with Gasteiger partial charge in [-0.2, -0.15) is 10.5 Å². The molecule has 13 heteroatoms. The van der Waals surface area contributed by atoms with Gasteiger partial charge >= 0.3 is 0 Å². The number of nitrogens with zero attached hydrogens (tertiary/aromatic N) is 4. The van der Waals surface area contributed by atoms with Crippen LogP contribution in [0.4, 0.5) is 0 Å². The standard InChI is InChI=1S/C12H18N2O2.C11H23N.C8H12N2O3.C6H16N2O/c1-11(2)4-10(16-8-13)5-12(3,6-11)7-14-9-15;1-5-11(4)7-9(12)6-10(2,3)8-11;1-7(10-6-11)3-12-4-8(2)13-5-9;1-5(7)3-9-4-6(2)8/h10H,4-7H2,1-3H3;9H,5-8,12H2,1-4H3;7-8H,3-4H2,1-2H3;5-6H,3-4,7-8H2,1-2H3. The number of nitriles is 2. The van der Waals surface area contributed by atoms with Crippen LogP contribution in [0.3, 0.4) is 0 Å². The molecule has 0 spiro atoms. The van der Waals surface area contributed by atoms with E-state index in [1.54, 1.807) is 32.4 Å². The molecule has 0 aromatic rings. The fraction of sp³-hybridized carbons (Fsp3) is 0.892. The molecule has 2 saturated carbocycles. The lowest BCUT2D eigenvalue weighted by Gasteiger charge is -2.45. The zero-order valence-corrected chi connectivity index (χ0v) is 32.9. The molecule has 8 atom stereocenters. The highest BCUT2D eigenvalue weighted by atomic mass is 16.5. The number of hydrogen-bond donors (Lipinski definition) is 3. The van der Waals surface area contributed by atoms with Gasteiger partial charge in [0.15, 0.2) is 0 Å². The first-order chi connectivity index (χ1) is 23.1. The summed E-state index contributed by atoms with van der Waals surface area (Å²) >= 11 is 0. The highest BCUT2D eigenvalue weighted by Gasteiger charge is 2.42. The summed E-state index contributed by atoms with van der Waals surface area (Å²) in [6, 6.07) is 0.456. The van der Waals surface area contributed by atoms with Gasteiger partial charge in [0.2, 0.25) is 12.2 Å². The minimum Gasteiger partial charge on any atom is -0.424 e. The van der Waals surface area contributed by atoms with E-state index >= 15 is 0 Å². The molecule has 6 N–H and O–H groups in total. The second-order valence-corrected chi connectivity index (χ2v) is 16.6. The maximum absolute atomic E-state index is 10.2. The van der Waals surface area contributed by atoms with Crippen molar-refractivity contribution in [2.24, 2.45) is 48.8 Å². The average Bonchev–Trinajstić information content (AvgIpc) is 2.95. The van der Waals surface area contributed by atoms with Crippen LogP contribution in [0, 0.1) is 44.7 Å². The molecule has 0 amide bonds. The molecule has 8 unspecified atom stereocenters. The zero-order chi connectivity index (χ0) is 39.0. The SMILES string of the molecule is CC(COCC(C)OC#N)N=C=O.CC(N)COCC(C)N.CC1(C)CC(OC#N)CC(C)(CN=C=O)C1.CCC1(C)CC(N)CC(C)(C)C1.